The number of hydrogen-bond acceptors (Lipinski definition) is 3. The van der Waals surface area contributed by atoms with Crippen LogP contribution in [-0.2, 0) is 14.6 Å². The van der Waals surface area contributed by atoms with Crippen LogP contribution in [0, 0.1) is 0 Å². The Labute approximate surface area is 89.4 Å². The van der Waals surface area contributed by atoms with Crippen molar-refractivity contribution in [2.24, 2.45) is 0 Å². The number of hydrogen-bond donors (Lipinski definition) is 0. The van der Waals surface area contributed by atoms with Crippen LogP contribution in [0.15, 0.2) is 29.2 Å². The molecule has 0 spiro atoms. The SMILES string of the molecule is CC(=O)N(C)c1ccc(S(C)(=O)=O)cc1. The molecule has 0 heterocycles. The second kappa shape index (κ2) is 4.02. The first kappa shape index (κ1) is 11.7. The van der Waals surface area contributed by atoms with Crippen molar-refractivity contribution in [1.29, 1.82) is 0 Å². The van der Waals surface area contributed by atoms with E-state index >= 15 is 0 Å². The zero-order valence-corrected chi connectivity index (χ0v) is 9.71. The number of carbonyl (C=O) groups is 1. The molecule has 5 heteroatoms. The lowest BCUT2D eigenvalue weighted by Crippen LogP contribution is -2.22. The van der Waals surface area contributed by atoms with E-state index in [2.05, 4.69) is 0 Å². The van der Waals surface area contributed by atoms with Crippen LogP contribution in [0.4, 0.5) is 5.69 Å². The van der Waals surface area contributed by atoms with E-state index in [0.29, 0.717) is 5.69 Å². The highest BCUT2D eigenvalue weighted by Crippen LogP contribution is 2.16. The summed E-state index contributed by atoms with van der Waals surface area (Å²) in [7, 11) is -1.53. The van der Waals surface area contributed by atoms with Gasteiger partial charge in [-0.05, 0) is 24.3 Å². The molecule has 1 rings (SSSR count). The molecular weight excluding hydrogens is 214 g/mol. The molecule has 1 aromatic carbocycles. The second-order valence-corrected chi connectivity index (χ2v) is 5.36. The van der Waals surface area contributed by atoms with Gasteiger partial charge in [0.25, 0.3) is 0 Å². The van der Waals surface area contributed by atoms with E-state index in [1.54, 1.807) is 19.2 Å². The van der Waals surface area contributed by atoms with Crippen molar-refractivity contribution >= 4 is 21.4 Å². The average Bonchev–Trinajstić information content (AvgIpc) is 2.15. The number of anilines is 1. The van der Waals surface area contributed by atoms with Gasteiger partial charge in [-0.2, -0.15) is 0 Å². The Balaban J connectivity index is 3.06. The molecule has 0 aromatic heterocycles. The van der Waals surface area contributed by atoms with Gasteiger partial charge in [0.15, 0.2) is 9.84 Å². The zero-order chi connectivity index (χ0) is 11.6. The summed E-state index contributed by atoms with van der Waals surface area (Å²) in [5.41, 5.74) is 0.676. The molecule has 0 unspecified atom stereocenters. The largest absolute Gasteiger partial charge is 0.316 e. The summed E-state index contributed by atoms with van der Waals surface area (Å²) < 4.78 is 22.3. The molecule has 4 nitrogen and oxygen atoms in total. The lowest BCUT2D eigenvalue weighted by molar-refractivity contribution is -0.116. The molecule has 0 bridgehead atoms. The van der Waals surface area contributed by atoms with Gasteiger partial charge in [-0.15, -0.1) is 0 Å². The van der Waals surface area contributed by atoms with Crippen molar-refractivity contribution in [2.45, 2.75) is 11.8 Å². The molecule has 1 aromatic rings. The number of benzene rings is 1. The molecule has 0 aliphatic carbocycles. The average molecular weight is 227 g/mol. The van der Waals surface area contributed by atoms with Crippen LogP contribution in [0.3, 0.4) is 0 Å². The second-order valence-electron chi connectivity index (χ2n) is 3.34. The van der Waals surface area contributed by atoms with Crippen LogP contribution < -0.4 is 4.90 Å². The van der Waals surface area contributed by atoms with Gasteiger partial charge in [0, 0.05) is 25.9 Å². The van der Waals surface area contributed by atoms with Crippen molar-refractivity contribution in [3.8, 4) is 0 Å². The lowest BCUT2D eigenvalue weighted by atomic mass is 10.3. The van der Waals surface area contributed by atoms with E-state index in [9.17, 15) is 13.2 Å². The van der Waals surface area contributed by atoms with Gasteiger partial charge >= 0.3 is 0 Å². The molecule has 0 saturated heterocycles. The molecule has 0 radical (unpaired) electrons. The molecular formula is C10H13NO3S. The van der Waals surface area contributed by atoms with Crippen molar-refractivity contribution in [1.82, 2.24) is 0 Å². The standard InChI is InChI=1S/C10H13NO3S/c1-8(12)11(2)9-4-6-10(7-5-9)15(3,13)14/h4-7H,1-3H3. The molecule has 0 saturated carbocycles. The highest BCUT2D eigenvalue weighted by atomic mass is 32.2. The maximum absolute atomic E-state index is 11.2. The fourth-order valence-electron chi connectivity index (χ4n) is 1.10. The number of carbonyl (C=O) groups excluding carboxylic acids is 1. The van der Waals surface area contributed by atoms with Gasteiger partial charge in [-0.25, -0.2) is 8.42 Å². The minimum atomic E-state index is -3.17. The van der Waals surface area contributed by atoms with Crippen LogP contribution in [0.1, 0.15) is 6.92 Å². The Morgan fingerprint density at radius 3 is 2.00 bits per heavy atom. The fraction of sp³-hybridized carbons (Fsp3) is 0.300. The van der Waals surface area contributed by atoms with E-state index < -0.39 is 9.84 Å². The van der Waals surface area contributed by atoms with Crippen LogP contribution >= 0.6 is 0 Å². The van der Waals surface area contributed by atoms with E-state index in [1.165, 1.54) is 24.0 Å². The molecule has 0 atom stereocenters. The highest BCUT2D eigenvalue weighted by Gasteiger charge is 2.09. The third kappa shape index (κ3) is 2.79. The van der Waals surface area contributed by atoms with E-state index in [4.69, 9.17) is 0 Å². The molecule has 0 aliphatic rings. The van der Waals surface area contributed by atoms with Crippen molar-refractivity contribution < 1.29 is 13.2 Å². The predicted molar refractivity (Wildman–Crippen MR) is 58.6 cm³/mol. The minimum absolute atomic E-state index is 0.0953. The van der Waals surface area contributed by atoms with Gasteiger partial charge in [-0.1, -0.05) is 0 Å². The van der Waals surface area contributed by atoms with Crippen LogP contribution in [-0.4, -0.2) is 27.6 Å². The zero-order valence-electron chi connectivity index (χ0n) is 8.89. The topological polar surface area (TPSA) is 54.5 Å². The molecule has 15 heavy (non-hydrogen) atoms. The van der Waals surface area contributed by atoms with E-state index in [1.807, 2.05) is 0 Å². The van der Waals surface area contributed by atoms with Crippen LogP contribution in [0.5, 0.6) is 0 Å². The monoisotopic (exact) mass is 227 g/mol. The predicted octanol–water partition coefficient (Wildman–Crippen LogP) is 1.07. The van der Waals surface area contributed by atoms with Crippen LogP contribution in [0.2, 0.25) is 0 Å². The summed E-state index contributed by atoms with van der Waals surface area (Å²) in [4.78, 5) is 12.7. The summed E-state index contributed by atoms with van der Waals surface area (Å²) in [6.45, 7) is 1.45. The van der Waals surface area contributed by atoms with Gasteiger partial charge in [-0.3, -0.25) is 4.79 Å². The van der Waals surface area contributed by atoms with Gasteiger partial charge < -0.3 is 4.90 Å². The fourth-order valence-corrected chi connectivity index (χ4v) is 1.73. The van der Waals surface area contributed by atoms with Crippen molar-refractivity contribution in [3.63, 3.8) is 0 Å². The summed E-state index contributed by atoms with van der Waals surface area (Å²) >= 11 is 0. The Bertz CT molecular complexity index is 462. The number of nitrogens with zero attached hydrogens (tertiary/aromatic N) is 1. The smallest absolute Gasteiger partial charge is 0.223 e. The van der Waals surface area contributed by atoms with Crippen LogP contribution in [0.25, 0.3) is 0 Å². The number of amides is 1. The first-order valence-electron chi connectivity index (χ1n) is 4.37. The van der Waals surface area contributed by atoms with Gasteiger partial charge in [0.05, 0.1) is 4.90 Å². The lowest BCUT2D eigenvalue weighted by Gasteiger charge is -2.14. The van der Waals surface area contributed by atoms with E-state index in [-0.39, 0.29) is 10.8 Å². The molecule has 1 amide bonds. The van der Waals surface area contributed by atoms with Crippen molar-refractivity contribution in [2.75, 3.05) is 18.2 Å². The summed E-state index contributed by atoms with van der Waals surface area (Å²) in [5.74, 6) is -0.0953. The molecule has 0 aliphatic heterocycles. The Morgan fingerprint density at radius 2 is 1.67 bits per heavy atom. The Kier molecular flexibility index (Phi) is 3.14. The highest BCUT2D eigenvalue weighted by molar-refractivity contribution is 7.90. The number of sulfone groups is 1. The third-order valence-corrected chi connectivity index (χ3v) is 3.25. The normalized spacial score (nSPS) is 11.1. The Morgan fingerprint density at radius 1 is 1.20 bits per heavy atom. The minimum Gasteiger partial charge on any atom is -0.316 e. The molecule has 0 fully saturated rings. The van der Waals surface area contributed by atoms with Gasteiger partial charge in [0.2, 0.25) is 5.91 Å². The van der Waals surface area contributed by atoms with Crippen molar-refractivity contribution in [3.05, 3.63) is 24.3 Å². The Hall–Kier alpha value is -1.36. The van der Waals surface area contributed by atoms with E-state index in [0.717, 1.165) is 6.26 Å². The quantitative estimate of drug-likeness (QED) is 0.759. The molecule has 0 N–H and O–H groups in total. The summed E-state index contributed by atoms with van der Waals surface area (Å²) in [6.07, 6.45) is 1.15. The number of rotatable bonds is 2. The first-order valence-corrected chi connectivity index (χ1v) is 6.26. The molecule has 82 valence electrons. The first-order chi connectivity index (χ1) is 6.82. The van der Waals surface area contributed by atoms with Gasteiger partial charge in [0.1, 0.15) is 0 Å². The third-order valence-electron chi connectivity index (χ3n) is 2.12. The maximum atomic E-state index is 11.2. The maximum Gasteiger partial charge on any atom is 0.223 e. The summed E-state index contributed by atoms with van der Waals surface area (Å²) in [6, 6.07) is 6.20. The summed E-state index contributed by atoms with van der Waals surface area (Å²) in [5, 5.41) is 0.